The van der Waals surface area contributed by atoms with Crippen molar-refractivity contribution in [1.29, 1.82) is 0 Å². The Kier molecular flexibility index (Phi) is 6.39. The lowest BCUT2D eigenvalue weighted by molar-refractivity contribution is -0.139. The summed E-state index contributed by atoms with van der Waals surface area (Å²) in [7, 11) is 0. The molecule has 9 heteroatoms. The number of nitrogens with zero attached hydrogens (tertiary/aromatic N) is 1. The first-order chi connectivity index (χ1) is 15.9. The number of hydrogen-bond donors (Lipinski definition) is 3. The van der Waals surface area contributed by atoms with Crippen LogP contribution in [0, 0.1) is 6.92 Å². The largest absolute Gasteiger partial charge is 0.481 e. The maximum atomic E-state index is 12.5. The van der Waals surface area contributed by atoms with Crippen molar-refractivity contribution in [3.8, 4) is 11.1 Å². The molecule has 1 aliphatic carbocycles. The van der Waals surface area contributed by atoms with E-state index in [-0.39, 0.29) is 19.1 Å². The van der Waals surface area contributed by atoms with Gasteiger partial charge in [-0.3, -0.25) is 9.59 Å². The monoisotopic (exact) mass is 449 g/mol. The van der Waals surface area contributed by atoms with Crippen molar-refractivity contribution >= 4 is 18.0 Å². The predicted octanol–water partition coefficient (Wildman–Crippen LogP) is 2.98. The Labute approximate surface area is 189 Å². The molecule has 0 spiro atoms. The summed E-state index contributed by atoms with van der Waals surface area (Å²) < 4.78 is 10.4. The first-order valence-corrected chi connectivity index (χ1v) is 10.5. The summed E-state index contributed by atoms with van der Waals surface area (Å²) in [5, 5.41) is 17.8. The third-order valence-corrected chi connectivity index (χ3v) is 5.44. The van der Waals surface area contributed by atoms with Crippen LogP contribution in [-0.4, -0.2) is 40.9 Å². The molecule has 0 bridgehead atoms. The fraction of sp³-hybridized carbons (Fsp3) is 0.250. The van der Waals surface area contributed by atoms with Crippen LogP contribution in [0.2, 0.25) is 0 Å². The van der Waals surface area contributed by atoms with E-state index in [0.717, 1.165) is 22.3 Å². The first kappa shape index (κ1) is 22.1. The summed E-state index contributed by atoms with van der Waals surface area (Å²) >= 11 is 0. The molecule has 9 nitrogen and oxygen atoms in total. The van der Waals surface area contributed by atoms with Gasteiger partial charge in [0.05, 0.1) is 18.7 Å². The number of carboxylic acid groups (broad SMARTS) is 1. The third-order valence-electron chi connectivity index (χ3n) is 5.44. The summed E-state index contributed by atoms with van der Waals surface area (Å²) in [6.07, 6.45) is -1.46. The molecule has 3 aromatic rings. The van der Waals surface area contributed by atoms with Gasteiger partial charge in [0.15, 0.2) is 5.76 Å². The summed E-state index contributed by atoms with van der Waals surface area (Å²) in [4.78, 5) is 36.2. The standard InChI is InChI=1S/C24H23N3O6/c1-14-10-15(33-27-14)12-25-23(30)21(11-22(28)29)26-24(31)32-13-20-18-8-4-2-6-16(18)17-7-3-5-9-19(17)20/h2-10,20-21H,11-13H2,1H3,(H,25,30)(H,26,31)(H,28,29). The Balaban J connectivity index is 1.38. The topological polar surface area (TPSA) is 131 Å². The van der Waals surface area contributed by atoms with Crippen LogP contribution in [0.5, 0.6) is 0 Å². The maximum Gasteiger partial charge on any atom is 0.407 e. The minimum absolute atomic E-state index is 0.0160. The van der Waals surface area contributed by atoms with Gasteiger partial charge in [0.2, 0.25) is 5.91 Å². The molecule has 33 heavy (non-hydrogen) atoms. The van der Waals surface area contributed by atoms with E-state index in [1.54, 1.807) is 13.0 Å². The number of aryl methyl sites for hydroxylation is 1. The zero-order chi connectivity index (χ0) is 23.4. The number of rotatable bonds is 8. The minimum atomic E-state index is -1.30. The van der Waals surface area contributed by atoms with Gasteiger partial charge in [-0.25, -0.2) is 4.79 Å². The summed E-state index contributed by atoms with van der Waals surface area (Å²) in [6, 6.07) is 16.2. The number of ether oxygens (including phenoxy) is 1. The molecule has 1 heterocycles. The van der Waals surface area contributed by atoms with Gasteiger partial charge in [0, 0.05) is 12.0 Å². The highest BCUT2D eigenvalue weighted by Crippen LogP contribution is 2.44. The number of carbonyl (C=O) groups excluding carboxylic acids is 2. The van der Waals surface area contributed by atoms with Crippen LogP contribution in [0.3, 0.4) is 0 Å². The average Bonchev–Trinajstić information content (AvgIpc) is 3.36. The molecule has 2 aromatic carbocycles. The minimum Gasteiger partial charge on any atom is -0.481 e. The van der Waals surface area contributed by atoms with Gasteiger partial charge in [-0.2, -0.15) is 0 Å². The molecular weight excluding hydrogens is 426 g/mol. The van der Waals surface area contributed by atoms with Crippen molar-refractivity contribution in [2.24, 2.45) is 0 Å². The molecular formula is C24H23N3O6. The molecule has 0 fully saturated rings. The first-order valence-electron chi connectivity index (χ1n) is 10.5. The Bertz CT molecular complexity index is 1140. The van der Waals surface area contributed by atoms with Crippen molar-refractivity contribution < 1.29 is 28.8 Å². The fourth-order valence-corrected chi connectivity index (χ4v) is 3.96. The van der Waals surface area contributed by atoms with E-state index in [2.05, 4.69) is 15.8 Å². The van der Waals surface area contributed by atoms with E-state index in [0.29, 0.717) is 11.5 Å². The lowest BCUT2D eigenvalue weighted by Gasteiger charge is -2.18. The van der Waals surface area contributed by atoms with Crippen LogP contribution >= 0.6 is 0 Å². The lowest BCUT2D eigenvalue weighted by Crippen LogP contribution is -2.48. The van der Waals surface area contributed by atoms with E-state index in [4.69, 9.17) is 14.4 Å². The second-order valence-electron chi connectivity index (χ2n) is 7.77. The predicted molar refractivity (Wildman–Crippen MR) is 117 cm³/mol. The maximum absolute atomic E-state index is 12.5. The second kappa shape index (κ2) is 9.56. The molecule has 2 amide bonds. The van der Waals surface area contributed by atoms with E-state index in [1.165, 1.54) is 0 Å². The average molecular weight is 449 g/mol. The van der Waals surface area contributed by atoms with Crippen molar-refractivity contribution in [1.82, 2.24) is 15.8 Å². The highest BCUT2D eigenvalue weighted by Gasteiger charge is 2.30. The molecule has 4 rings (SSSR count). The number of carbonyl (C=O) groups is 3. The van der Waals surface area contributed by atoms with E-state index in [1.807, 2.05) is 48.5 Å². The second-order valence-corrected chi connectivity index (χ2v) is 7.77. The van der Waals surface area contributed by atoms with Crippen LogP contribution in [0.15, 0.2) is 59.1 Å². The Hall–Kier alpha value is -4.14. The number of hydrogen-bond acceptors (Lipinski definition) is 6. The highest BCUT2D eigenvalue weighted by molar-refractivity contribution is 5.89. The molecule has 170 valence electrons. The quantitative estimate of drug-likeness (QED) is 0.482. The van der Waals surface area contributed by atoms with Gasteiger partial charge in [-0.1, -0.05) is 53.7 Å². The number of aliphatic carboxylic acids is 1. The van der Waals surface area contributed by atoms with Crippen molar-refractivity contribution in [2.45, 2.75) is 31.8 Å². The number of nitrogens with one attached hydrogen (secondary N) is 2. The summed E-state index contributed by atoms with van der Waals surface area (Å²) in [5.74, 6) is -1.63. The Morgan fingerprint density at radius 3 is 2.30 bits per heavy atom. The normalized spacial score (nSPS) is 13.0. The molecule has 1 aromatic heterocycles. The highest BCUT2D eigenvalue weighted by atomic mass is 16.5. The number of alkyl carbamates (subject to hydrolysis) is 1. The Morgan fingerprint density at radius 2 is 1.73 bits per heavy atom. The van der Waals surface area contributed by atoms with Gasteiger partial charge in [0.1, 0.15) is 12.6 Å². The van der Waals surface area contributed by atoms with Gasteiger partial charge >= 0.3 is 12.1 Å². The van der Waals surface area contributed by atoms with Crippen LogP contribution in [-0.2, 0) is 20.9 Å². The van der Waals surface area contributed by atoms with Crippen LogP contribution in [0.25, 0.3) is 11.1 Å². The van der Waals surface area contributed by atoms with Gasteiger partial charge in [-0.05, 0) is 29.2 Å². The molecule has 3 N–H and O–H groups in total. The molecule has 1 aliphatic rings. The summed E-state index contributed by atoms with van der Waals surface area (Å²) in [5.41, 5.74) is 4.93. The lowest BCUT2D eigenvalue weighted by atomic mass is 9.98. The molecule has 1 unspecified atom stereocenters. The number of aromatic nitrogens is 1. The number of amides is 2. The zero-order valence-corrected chi connectivity index (χ0v) is 17.9. The smallest absolute Gasteiger partial charge is 0.407 e. The van der Waals surface area contributed by atoms with Crippen LogP contribution in [0.4, 0.5) is 4.79 Å². The molecule has 0 saturated carbocycles. The molecule has 0 radical (unpaired) electrons. The molecule has 1 atom stereocenters. The zero-order valence-electron chi connectivity index (χ0n) is 17.9. The van der Waals surface area contributed by atoms with Gasteiger partial charge in [-0.15, -0.1) is 0 Å². The Morgan fingerprint density at radius 1 is 1.09 bits per heavy atom. The van der Waals surface area contributed by atoms with Crippen molar-refractivity contribution in [3.05, 3.63) is 77.2 Å². The number of fused-ring (bicyclic) bond motifs is 3. The fourth-order valence-electron chi connectivity index (χ4n) is 3.96. The van der Waals surface area contributed by atoms with Crippen molar-refractivity contribution in [2.75, 3.05) is 6.61 Å². The van der Waals surface area contributed by atoms with Gasteiger partial charge in [0.25, 0.3) is 0 Å². The number of carboxylic acids is 1. The molecule has 0 aliphatic heterocycles. The molecule has 0 saturated heterocycles. The van der Waals surface area contributed by atoms with Gasteiger partial charge < -0.3 is 25.0 Å². The SMILES string of the molecule is Cc1cc(CNC(=O)C(CC(=O)O)NC(=O)OCC2c3ccccc3-c3ccccc32)on1. The van der Waals surface area contributed by atoms with Crippen LogP contribution < -0.4 is 10.6 Å². The van der Waals surface area contributed by atoms with Crippen LogP contribution in [0.1, 0.15) is 34.9 Å². The van der Waals surface area contributed by atoms with E-state index < -0.39 is 30.4 Å². The van der Waals surface area contributed by atoms with E-state index >= 15 is 0 Å². The van der Waals surface area contributed by atoms with Crippen molar-refractivity contribution in [3.63, 3.8) is 0 Å². The van der Waals surface area contributed by atoms with E-state index in [9.17, 15) is 14.4 Å². The number of benzene rings is 2. The summed E-state index contributed by atoms with van der Waals surface area (Å²) in [6.45, 7) is 1.81. The third kappa shape index (κ3) is 5.03.